The monoisotopic (exact) mass is 334 g/mol. The molecule has 2 rings (SSSR count). The molecule has 1 aromatic rings. The predicted octanol–water partition coefficient (Wildman–Crippen LogP) is 2.33. The van der Waals surface area contributed by atoms with Gasteiger partial charge in [-0.2, -0.15) is 0 Å². The average Bonchev–Trinajstić information content (AvgIpc) is 2.96. The van der Waals surface area contributed by atoms with E-state index in [1.54, 1.807) is 27.8 Å². The third kappa shape index (κ3) is 4.96. The normalized spacial score (nSPS) is 20.8. The number of benzene rings is 1. The standard InChI is InChI=1S/C18H26N2O4/c1-18(2,3)24-17(22)20-11-14(10-15(20)16(21)19-4)23-12-13-8-6-5-7-9-13/h5-9,14-15H,10-12H2,1-4H3,(H,19,21). The van der Waals surface area contributed by atoms with Gasteiger partial charge in [0.15, 0.2) is 0 Å². The molecule has 1 aliphatic rings. The zero-order valence-electron chi connectivity index (χ0n) is 14.7. The molecule has 0 spiro atoms. The van der Waals surface area contributed by atoms with Crippen LogP contribution in [0, 0.1) is 0 Å². The highest BCUT2D eigenvalue weighted by atomic mass is 16.6. The Labute approximate surface area is 143 Å². The van der Waals surface area contributed by atoms with Crippen LogP contribution in [0.25, 0.3) is 0 Å². The molecule has 2 amide bonds. The highest BCUT2D eigenvalue weighted by molar-refractivity contribution is 5.86. The summed E-state index contributed by atoms with van der Waals surface area (Å²) in [5.74, 6) is -0.202. The lowest BCUT2D eigenvalue weighted by Crippen LogP contribution is -2.46. The summed E-state index contributed by atoms with van der Waals surface area (Å²) in [7, 11) is 1.56. The molecule has 24 heavy (non-hydrogen) atoms. The second-order valence-corrected chi connectivity index (χ2v) is 6.92. The Balaban J connectivity index is 2.01. The zero-order chi connectivity index (χ0) is 17.7. The quantitative estimate of drug-likeness (QED) is 0.917. The second kappa shape index (κ2) is 7.66. The lowest BCUT2D eigenvalue weighted by atomic mass is 10.2. The first-order valence-corrected chi connectivity index (χ1v) is 8.17. The van der Waals surface area contributed by atoms with E-state index in [1.807, 2.05) is 30.3 Å². The van der Waals surface area contributed by atoms with Crippen LogP contribution in [0.4, 0.5) is 4.79 Å². The fraction of sp³-hybridized carbons (Fsp3) is 0.556. The number of likely N-dealkylation sites (tertiary alicyclic amines) is 1. The summed E-state index contributed by atoms with van der Waals surface area (Å²) in [6, 6.07) is 9.26. The van der Waals surface area contributed by atoms with Gasteiger partial charge in [0.2, 0.25) is 5.91 Å². The number of hydrogen-bond acceptors (Lipinski definition) is 4. The van der Waals surface area contributed by atoms with Crippen LogP contribution < -0.4 is 5.32 Å². The Kier molecular flexibility index (Phi) is 5.83. The first-order chi connectivity index (χ1) is 11.3. The molecule has 0 aliphatic carbocycles. The average molecular weight is 334 g/mol. The lowest BCUT2D eigenvalue weighted by molar-refractivity contribution is -0.125. The number of likely N-dealkylation sites (N-methyl/N-ethyl adjacent to an activating group) is 1. The van der Waals surface area contributed by atoms with Crippen molar-refractivity contribution < 1.29 is 19.1 Å². The van der Waals surface area contributed by atoms with Crippen molar-refractivity contribution in [2.45, 2.75) is 51.5 Å². The zero-order valence-corrected chi connectivity index (χ0v) is 14.7. The molecule has 2 unspecified atom stereocenters. The van der Waals surface area contributed by atoms with Crippen molar-refractivity contribution in [2.24, 2.45) is 0 Å². The molecule has 0 bridgehead atoms. The molecule has 1 fully saturated rings. The Morgan fingerprint density at radius 3 is 2.50 bits per heavy atom. The molecule has 6 heteroatoms. The van der Waals surface area contributed by atoms with E-state index in [2.05, 4.69) is 5.32 Å². The van der Waals surface area contributed by atoms with Crippen LogP contribution in [-0.4, -0.2) is 48.2 Å². The molecule has 132 valence electrons. The molecular weight excluding hydrogens is 308 g/mol. The van der Waals surface area contributed by atoms with Gasteiger partial charge in [0.25, 0.3) is 0 Å². The highest BCUT2D eigenvalue weighted by Gasteiger charge is 2.41. The van der Waals surface area contributed by atoms with E-state index >= 15 is 0 Å². The van der Waals surface area contributed by atoms with Crippen molar-refractivity contribution in [3.63, 3.8) is 0 Å². The van der Waals surface area contributed by atoms with E-state index in [0.29, 0.717) is 19.6 Å². The van der Waals surface area contributed by atoms with Crippen LogP contribution in [0.15, 0.2) is 30.3 Å². The van der Waals surface area contributed by atoms with Crippen molar-refractivity contribution in [2.75, 3.05) is 13.6 Å². The number of rotatable bonds is 4. The van der Waals surface area contributed by atoms with E-state index in [9.17, 15) is 9.59 Å². The van der Waals surface area contributed by atoms with Gasteiger partial charge in [-0.05, 0) is 26.3 Å². The van der Waals surface area contributed by atoms with Crippen LogP contribution in [0.3, 0.4) is 0 Å². The molecular formula is C18H26N2O4. The van der Waals surface area contributed by atoms with E-state index in [0.717, 1.165) is 5.56 Å². The van der Waals surface area contributed by atoms with Gasteiger partial charge in [0.1, 0.15) is 11.6 Å². The number of nitrogens with one attached hydrogen (secondary N) is 1. The van der Waals surface area contributed by atoms with Gasteiger partial charge >= 0.3 is 6.09 Å². The van der Waals surface area contributed by atoms with E-state index in [1.165, 1.54) is 4.90 Å². The molecule has 1 aliphatic heterocycles. The maximum absolute atomic E-state index is 12.4. The summed E-state index contributed by atoms with van der Waals surface area (Å²) in [4.78, 5) is 25.9. The number of hydrogen-bond donors (Lipinski definition) is 1. The number of amides is 2. The largest absolute Gasteiger partial charge is 0.444 e. The van der Waals surface area contributed by atoms with Gasteiger partial charge in [-0.15, -0.1) is 0 Å². The Bertz CT molecular complexity index is 568. The van der Waals surface area contributed by atoms with Crippen LogP contribution in [-0.2, 0) is 20.9 Å². The molecule has 1 heterocycles. The molecule has 2 atom stereocenters. The number of ether oxygens (including phenoxy) is 2. The second-order valence-electron chi connectivity index (χ2n) is 6.92. The number of carbonyl (C=O) groups excluding carboxylic acids is 2. The summed E-state index contributed by atoms with van der Waals surface area (Å²) in [5, 5.41) is 2.61. The molecule has 1 saturated heterocycles. The lowest BCUT2D eigenvalue weighted by Gasteiger charge is -2.27. The maximum Gasteiger partial charge on any atom is 0.411 e. The summed E-state index contributed by atoms with van der Waals surface area (Å²) >= 11 is 0. The Hall–Kier alpha value is -2.08. The molecule has 0 radical (unpaired) electrons. The van der Waals surface area contributed by atoms with Crippen LogP contribution in [0.2, 0.25) is 0 Å². The molecule has 0 saturated carbocycles. The Morgan fingerprint density at radius 1 is 1.25 bits per heavy atom. The van der Waals surface area contributed by atoms with E-state index < -0.39 is 17.7 Å². The van der Waals surface area contributed by atoms with Crippen molar-refractivity contribution >= 4 is 12.0 Å². The van der Waals surface area contributed by atoms with Gasteiger partial charge < -0.3 is 14.8 Å². The molecule has 6 nitrogen and oxygen atoms in total. The van der Waals surface area contributed by atoms with Crippen molar-refractivity contribution in [3.05, 3.63) is 35.9 Å². The van der Waals surface area contributed by atoms with Gasteiger partial charge in [0, 0.05) is 13.5 Å². The minimum absolute atomic E-state index is 0.194. The third-order valence-corrected chi connectivity index (χ3v) is 3.77. The fourth-order valence-corrected chi connectivity index (χ4v) is 2.64. The maximum atomic E-state index is 12.4. The Morgan fingerprint density at radius 2 is 1.92 bits per heavy atom. The van der Waals surface area contributed by atoms with Crippen LogP contribution >= 0.6 is 0 Å². The van der Waals surface area contributed by atoms with Crippen molar-refractivity contribution in [1.29, 1.82) is 0 Å². The number of carbonyl (C=O) groups is 2. The fourth-order valence-electron chi connectivity index (χ4n) is 2.64. The summed E-state index contributed by atoms with van der Waals surface area (Å²) in [5.41, 5.74) is 0.456. The van der Waals surface area contributed by atoms with Crippen molar-refractivity contribution in [3.8, 4) is 0 Å². The predicted molar refractivity (Wildman–Crippen MR) is 90.4 cm³/mol. The summed E-state index contributed by atoms with van der Waals surface area (Å²) in [6.45, 7) is 6.21. The molecule has 1 aromatic carbocycles. The smallest absolute Gasteiger partial charge is 0.411 e. The topological polar surface area (TPSA) is 67.9 Å². The summed E-state index contributed by atoms with van der Waals surface area (Å²) in [6.07, 6.45) is -0.215. The minimum Gasteiger partial charge on any atom is -0.444 e. The van der Waals surface area contributed by atoms with Crippen LogP contribution in [0.1, 0.15) is 32.8 Å². The first kappa shape index (κ1) is 18.3. The van der Waals surface area contributed by atoms with Crippen molar-refractivity contribution in [1.82, 2.24) is 10.2 Å². The minimum atomic E-state index is -0.604. The number of nitrogens with zero attached hydrogens (tertiary/aromatic N) is 1. The van der Waals surface area contributed by atoms with Gasteiger partial charge in [0.05, 0.1) is 19.3 Å². The molecule has 0 aromatic heterocycles. The highest BCUT2D eigenvalue weighted by Crippen LogP contribution is 2.24. The van der Waals surface area contributed by atoms with E-state index in [-0.39, 0.29) is 12.0 Å². The third-order valence-electron chi connectivity index (χ3n) is 3.77. The summed E-state index contributed by atoms with van der Waals surface area (Å²) < 4.78 is 11.3. The SMILES string of the molecule is CNC(=O)C1CC(OCc2ccccc2)CN1C(=O)OC(C)(C)C. The van der Waals surface area contributed by atoms with Crippen LogP contribution in [0.5, 0.6) is 0 Å². The van der Waals surface area contributed by atoms with Gasteiger partial charge in [-0.25, -0.2) is 4.79 Å². The first-order valence-electron chi connectivity index (χ1n) is 8.17. The van der Waals surface area contributed by atoms with E-state index in [4.69, 9.17) is 9.47 Å². The van der Waals surface area contributed by atoms with Gasteiger partial charge in [-0.1, -0.05) is 30.3 Å². The van der Waals surface area contributed by atoms with Gasteiger partial charge in [-0.3, -0.25) is 9.69 Å². The molecule has 1 N–H and O–H groups in total.